The highest BCUT2D eigenvalue weighted by atomic mass is 35.5. The molecule has 3 aromatic carbocycles. The molecule has 5 rings (SSSR count). The monoisotopic (exact) mass is 398 g/mol. The lowest BCUT2D eigenvalue weighted by atomic mass is 9.92. The third kappa shape index (κ3) is 2.82. The van der Waals surface area contributed by atoms with E-state index in [4.69, 9.17) is 16.3 Å². The zero-order chi connectivity index (χ0) is 20.1. The van der Waals surface area contributed by atoms with Crippen molar-refractivity contribution in [2.45, 2.75) is 6.92 Å². The van der Waals surface area contributed by atoms with Crippen LogP contribution in [0.25, 0.3) is 11.3 Å². The van der Waals surface area contributed by atoms with Crippen molar-refractivity contribution in [2.24, 2.45) is 0 Å². The smallest absolute Gasteiger partial charge is 0.198 e. The van der Waals surface area contributed by atoms with E-state index in [2.05, 4.69) is 0 Å². The first-order chi connectivity index (χ1) is 14.0. The number of carbonyl (C=O) groups excluding carboxylic acids is 2. The molecule has 1 aliphatic carbocycles. The summed E-state index contributed by atoms with van der Waals surface area (Å²) in [4.78, 5) is 26.2. The summed E-state index contributed by atoms with van der Waals surface area (Å²) in [6.07, 6.45) is 1.76. The molecule has 4 heteroatoms. The molecule has 0 saturated carbocycles. The van der Waals surface area contributed by atoms with Crippen LogP contribution in [0.5, 0.6) is 5.75 Å². The van der Waals surface area contributed by atoms with E-state index < -0.39 is 0 Å². The van der Waals surface area contributed by atoms with Crippen molar-refractivity contribution in [2.75, 3.05) is 0 Å². The van der Waals surface area contributed by atoms with Gasteiger partial charge in [-0.1, -0.05) is 65.7 Å². The van der Waals surface area contributed by atoms with E-state index >= 15 is 0 Å². The van der Waals surface area contributed by atoms with E-state index in [-0.39, 0.29) is 17.1 Å². The number of ether oxygens (including phenoxy) is 1. The SMILES string of the molecule is Cc1ccc(C2=CC(=C3C(=O)c4ccccc4C3=O)c3cc(Cl)ccc3O2)cc1. The van der Waals surface area contributed by atoms with Gasteiger partial charge in [-0.25, -0.2) is 0 Å². The molecule has 0 unspecified atom stereocenters. The highest BCUT2D eigenvalue weighted by Gasteiger charge is 2.36. The molecule has 0 saturated heterocycles. The predicted molar refractivity (Wildman–Crippen MR) is 113 cm³/mol. The minimum atomic E-state index is -0.270. The quantitative estimate of drug-likeness (QED) is 0.377. The number of hydrogen-bond acceptors (Lipinski definition) is 3. The summed E-state index contributed by atoms with van der Waals surface area (Å²) in [6.45, 7) is 2.01. The maximum atomic E-state index is 13.1. The zero-order valence-corrected chi connectivity index (χ0v) is 16.3. The number of fused-ring (bicyclic) bond motifs is 2. The van der Waals surface area contributed by atoms with Crippen LogP contribution in [-0.4, -0.2) is 11.6 Å². The Morgan fingerprint density at radius 2 is 1.45 bits per heavy atom. The Bertz CT molecular complexity index is 1230. The normalized spacial score (nSPS) is 15.0. The molecular formula is C25H15ClO3. The molecule has 0 radical (unpaired) electrons. The maximum Gasteiger partial charge on any atom is 0.198 e. The van der Waals surface area contributed by atoms with E-state index in [9.17, 15) is 9.59 Å². The second-order valence-electron chi connectivity index (χ2n) is 7.11. The molecule has 0 N–H and O–H groups in total. The average molecular weight is 399 g/mol. The van der Waals surface area contributed by atoms with Crippen molar-refractivity contribution in [3.8, 4) is 5.75 Å². The van der Waals surface area contributed by atoms with Gasteiger partial charge in [0.05, 0.1) is 5.57 Å². The molecule has 0 fully saturated rings. The van der Waals surface area contributed by atoms with Crippen molar-refractivity contribution in [3.63, 3.8) is 0 Å². The molecule has 0 atom stereocenters. The third-order valence-electron chi connectivity index (χ3n) is 5.20. The molecule has 1 heterocycles. The number of benzene rings is 3. The highest BCUT2D eigenvalue weighted by molar-refractivity contribution is 6.43. The molecule has 29 heavy (non-hydrogen) atoms. The van der Waals surface area contributed by atoms with Crippen LogP contribution in [0.1, 0.15) is 37.4 Å². The Kier molecular flexibility index (Phi) is 4.00. The minimum Gasteiger partial charge on any atom is -0.456 e. The highest BCUT2D eigenvalue weighted by Crippen LogP contribution is 2.42. The molecule has 0 aromatic heterocycles. The second kappa shape index (κ2) is 6.57. The molecular weight excluding hydrogens is 384 g/mol. The van der Waals surface area contributed by atoms with Crippen LogP contribution in [0.2, 0.25) is 5.02 Å². The lowest BCUT2D eigenvalue weighted by molar-refractivity contribution is 0.0990. The molecule has 0 bridgehead atoms. The van der Waals surface area contributed by atoms with Gasteiger partial charge in [-0.3, -0.25) is 9.59 Å². The molecule has 2 aliphatic rings. The van der Waals surface area contributed by atoms with Crippen molar-refractivity contribution >= 4 is 34.5 Å². The van der Waals surface area contributed by atoms with E-state index in [1.54, 1.807) is 48.5 Å². The van der Waals surface area contributed by atoms with Gasteiger partial charge in [0.2, 0.25) is 0 Å². The predicted octanol–water partition coefficient (Wildman–Crippen LogP) is 5.91. The van der Waals surface area contributed by atoms with Gasteiger partial charge >= 0.3 is 0 Å². The number of hydrogen-bond donors (Lipinski definition) is 0. The number of rotatable bonds is 1. The van der Waals surface area contributed by atoms with Gasteiger partial charge in [0.1, 0.15) is 11.5 Å². The van der Waals surface area contributed by atoms with Crippen molar-refractivity contribution in [1.82, 2.24) is 0 Å². The standard InChI is InChI=1S/C25H15ClO3/c1-14-6-8-15(9-7-14)22-13-20(19-12-16(26)10-11-21(19)29-22)23-24(27)17-4-2-3-5-18(17)25(23)28/h2-13H,1H3. The van der Waals surface area contributed by atoms with E-state index in [1.165, 1.54) is 0 Å². The van der Waals surface area contributed by atoms with Gasteiger partial charge in [-0.05, 0) is 31.2 Å². The van der Waals surface area contributed by atoms with Crippen molar-refractivity contribution in [1.29, 1.82) is 0 Å². The number of ketones is 2. The van der Waals surface area contributed by atoms with E-state index in [0.29, 0.717) is 38.8 Å². The maximum absolute atomic E-state index is 13.1. The number of Topliss-reactive ketones (excluding diaryl/α,β-unsaturated/α-hetero) is 2. The van der Waals surface area contributed by atoms with Crippen molar-refractivity contribution in [3.05, 3.63) is 111 Å². The van der Waals surface area contributed by atoms with Gasteiger partial charge in [0, 0.05) is 32.8 Å². The fraction of sp³-hybridized carbons (Fsp3) is 0.0400. The summed E-state index contributed by atoms with van der Waals surface area (Å²) in [7, 11) is 0. The topological polar surface area (TPSA) is 43.4 Å². The van der Waals surface area contributed by atoms with Crippen LogP contribution in [-0.2, 0) is 0 Å². The first-order valence-corrected chi connectivity index (χ1v) is 9.60. The Labute approximate surface area is 172 Å². The Morgan fingerprint density at radius 1 is 0.793 bits per heavy atom. The molecule has 0 amide bonds. The summed E-state index contributed by atoms with van der Waals surface area (Å²) >= 11 is 6.21. The van der Waals surface area contributed by atoms with Crippen LogP contribution in [0.15, 0.2) is 78.4 Å². The van der Waals surface area contributed by atoms with Crippen LogP contribution >= 0.6 is 11.6 Å². The Morgan fingerprint density at radius 3 is 2.10 bits per heavy atom. The second-order valence-corrected chi connectivity index (χ2v) is 7.55. The van der Waals surface area contributed by atoms with Gasteiger partial charge in [0.15, 0.2) is 11.6 Å². The number of aryl methyl sites for hydroxylation is 1. The minimum absolute atomic E-state index is 0.155. The van der Waals surface area contributed by atoms with Crippen LogP contribution in [0.3, 0.4) is 0 Å². The van der Waals surface area contributed by atoms with Gasteiger partial charge in [0.25, 0.3) is 0 Å². The third-order valence-corrected chi connectivity index (χ3v) is 5.44. The molecule has 3 nitrogen and oxygen atoms in total. The lowest BCUT2D eigenvalue weighted by Gasteiger charge is -2.22. The Balaban J connectivity index is 1.77. The first-order valence-electron chi connectivity index (χ1n) is 9.22. The molecule has 0 spiro atoms. The summed E-state index contributed by atoms with van der Waals surface area (Å²) in [6, 6.07) is 20.0. The van der Waals surface area contributed by atoms with Crippen LogP contribution in [0.4, 0.5) is 0 Å². The molecule has 140 valence electrons. The van der Waals surface area contributed by atoms with Crippen LogP contribution < -0.4 is 4.74 Å². The first kappa shape index (κ1) is 17.7. The summed E-state index contributed by atoms with van der Waals surface area (Å²) in [5, 5.41) is 0.507. The van der Waals surface area contributed by atoms with Crippen LogP contribution in [0, 0.1) is 6.92 Å². The molecule has 1 aliphatic heterocycles. The summed E-state index contributed by atoms with van der Waals surface area (Å²) in [5.41, 5.74) is 4.19. The van der Waals surface area contributed by atoms with Gasteiger partial charge in [-0.2, -0.15) is 0 Å². The van der Waals surface area contributed by atoms with E-state index in [1.807, 2.05) is 31.2 Å². The largest absolute Gasteiger partial charge is 0.456 e. The fourth-order valence-electron chi connectivity index (χ4n) is 3.72. The zero-order valence-electron chi connectivity index (χ0n) is 15.5. The summed E-state index contributed by atoms with van der Waals surface area (Å²) < 4.78 is 6.10. The van der Waals surface area contributed by atoms with Crippen molar-refractivity contribution < 1.29 is 14.3 Å². The van der Waals surface area contributed by atoms with Gasteiger partial charge < -0.3 is 4.74 Å². The number of carbonyl (C=O) groups is 2. The fourth-order valence-corrected chi connectivity index (χ4v) is 3.89. The summed E-state index contributed by atoms with van der Waals surface area (Å²) in [5.74, 6) is 0.603. The molecule has 3 aromatic rings. The average Bonchev–Trinajstić information content (AvgIpc) is 2.98. The van der Waals surface area contributed by atoms with Gasteiger partial charge in [-0.15, -0.1) is 0 Å². The Hall–Kier alpha value is -3.43. The lowest BCUT2D eigenvalue weighted by Crippen LogP contribution is -2.10. The number of allylic oxidation sites excluding steroid dienone is 3. The van der Waals surface area contributed by atoms with E-state index in [0.717, 1.165) is 11.1 Å². The number of halogens is 1.